The van der Waals surface area contributed by atoms with E-state index in [1.807, 2.05) is 6.07 Å². The molecule has 0 unspecified atom stereocenters. The Morgan fingerprint density at radius 3 is 2.42 bits per heavy atom. The number of rotatable bonds is 5. The molecule has 1 saturated heterocycles. The average Bonchev–Trinajstić information content (AvgIpc) is 3.16. The third kappa shape index (κ3) is 3.44. The van der Waals surface area contributed by atoms with Crippen LogP contribution in [0.15, 0.2) is 0 Å². The fourth-order valence-corrected chi connectivity index (χ4v) is 4.76. The zero-order valence-corrected chi connectivity index (χ0v) is 14.5. The Kier molecular flexibility index (Phi) is 5.44. The van der Waals surface area contributed by atoms with E-state index in [1.165, 1.54) is 11.8 Å². The lowest BCUT2D eigenvalue weighted by Gasteiger charge is -2.32. The minimum Gasteiger partial charge on any atom is -0.352 e. The second-order valence-corrected chi connectivity index (χ2v) is 7.91. The molecule has 2 saturated carbocycles. The third-order valence-corrected chi connectivity index (χ3v) is 6.34. The summed E-state index contributed by atoms with van der Waals surface area (Å²) < 4.78 is 0. The summed E-state index contributed by atoms with van der Waals surface area (Å²) in [4.78, 5) is 39.2. The van der Waals surface area contributed by atoms with Crippen LogP contribution in [0.3, 0.4) is 0 Å². The van der Waals surface area contributed by atoms with Crippen molar-refractivity contribution in [2.24, 2.45) is 11.8 Å². The molecule has 1 N–H and O–H groups in total. The zero-order chi connectivity index (χ0) is 17.1. The molecule has 0 radical (unpaired) electrons. The first-order chi connectivity index (χ1) is 11.6. The molecule has 130 valence electrons. The molecule has 0 bridgehead atoms. The quantitative estimate of drug-likeness (QED) is 0.759. The normalized spacial score (nSPS) is 25.8. The van der Waals surface area contributed by atoms with Gasteiger partial charge in [-0.25, -0.2) is 0 Å². The molecule has 2 amide bonds. The molecule has 0 spiro atoms. The first kappa shape index (κ1) is 17.3. The van der Waals surface area contributed by atoms with E-state index in [2.05, 4.69) is 5.32 Å². The van der Waals surface area contributed by atoms with E-state index in [1.54, 1.807) is 4.90 Å². The van der Waals surface area contributed by atoms with Gasteiger partial charge in [-0.15, -0.1) is 11.8 Å². The standard InChI is InChI=1S/C17H23N3O3S/c18-8-13(16(22)19-12-6-1-2-7-12)15(21)14-9-24-10-20(14)17(23)11-4-3-5-11/h11-14H,1-7,9-10H2,(H,19,22)/t13-,14-/m1/s1. The highest BCUT2D eigenvalue weighted by atomic mass is 32.2. The smallest absolute Gasteiger partial charge is 0.245 e. The highest BCUT2D eigenvalue weighted by molar-refractivity contribution is 7.99. The van der Waals surface area contributed by atoms with E-state index in [9.17, 15) is 19.6 Å². The minimum absolute atomic E-state index is 0.0116. The fraction of sp³-hybridized carbons (Fsp3) is 0.765. The Morgan fingerprint density at radius 2 is 1.83 bits per heavy atom. The van der Waals surface area contributed by atoms with Gasteiger partial charge in [0.2, 0.25) is 11.8 Å². The van der Waals surface area contributed by atoms with Crippen LogP contribution in [0.1, 0.15) is 44.9 Å². The molecule has 3 rings (SSSR count). The summed E-state index contributed by atoms with van der Waals surface area (Å²) in [5.41, 5.74) is 0. The number of nitrogens with zero attached hydrogens (tertiary/aromatic N) is 2. The molecule has 3 aliphatic rings. The molecule has 6 nitrogen and oxygen atoms in total. The maximum atomic E-state index is 12.7. The lowest BCUT2D eigenvalue weighted by molar-refractivity contribution is -0.145. The maximum absolute atomic E-state index is 12.7. The van der Waals surface area contributed by atoms with Crippen molar-refractivity contribution in [3.05, 3.63) is 0 Å². The van der Waals surface area contributed by atoms with Gasteiger partial charge in [-0.05, 0) is 25.7 Å². The van der Waals surface area contributed by atoms with Crippen LogP contribution in [0.2, 0.25) is 0 Å². The van der Waals surface area contributed by atoms with Crippen molar-refractivity contribution in [1.29, 1.82) is 5.26 Å². The highest BCUT2D eigenvalue weighted by Gasteiger charge is 2.43. The van der Waals surface area contributed by atoms with Gasteiger partial charge in [0.05, 0.1) is 11.9 Å². The number of nitriles is 1. The van der Waals surface area contributed by atoms with Gasteiger partial charge >= 0.3 is 0 Å². The zero-order valence-electron chi connectivity index (χ0n) is 13.7. The van der Waals surface area contributed by atoms with Gasteiger partial charge < -0.3 is 10.2 Å². The number of thioether (sulfide) groups is 1. The summed E-state index contributed by atoms with van der Waals surface area (Å²) in [6.45, 7) is 0. The summed E-state index contributed by atoms with van der Waals surface area (Å²) in [5.74, 6) is -1.25. The molecule has 24 heavy (non-hydrogen) atoms. The van der Waals surface area contributed by atoms with E-state index in [-0.39, 0.29) is 17.9 Å². The van der Waals surface area contributed by atoms with Gasteiger partial charge in [0.25, 0.3) is 0 Å². The van der Waals surface area contributed by atoms with E-state index in [0.717, 1.165) is 44.9 Å². The van der Waals surface area contributed by atoms with E-state index < -0.39 is 23.7 Å². The Balaban J connectivity index is 1.64. The molecule has 7 heteroatoms. The first-order valence-electron chi connectivity index (χ1n) is 8.73. The molecular weight excluding hydrogens is 326 g/mol. The number of carbonyl (C=O) groups excluding carboxylic acids is 3. The lowest BCUT2D eigenvalue weighted by Crippen LogP contribution is -2.50. The summed E-state index contributed by atoms with van der Waals surface area (Å²) in [5, 5.41) is 12.2. The monoisotopic (exact) mass is 349 g/mol. The Hall–Kier alpha value is -1.55. The van der Waals surface area contributed by atoms with Crippen molar-refractivity contribution < 1.29 is 14.4 Å². The van der Waals surface area contributed by atoms with Crippen LogP contribution in [0.25, 0.3) is 0 Å². The van der Waals surface area contributed by atoms with Gasteiger partial charge in [-0.1, -0.05) is 19.3 Å². The van der Waals surface area contributed by atoms with Crippen molar-refractivity contribution in [1.82, 2.24) is 10.2 Å². The van der Waals surface area contributed by atoms with Gasteiger partial charge in [-0.3, -0.25) is 14.4 Å². The summed E-state index contributed by atoms with van der Waals surface area (Å²) >= 11 is 1.51. The van der Waals surface area contributed by atoms with E-state index in [0.29, 0.717) is 11.6 Å². The van der Waals surface area contributed by atoms with Crippen LogP contribution >= 0.6 is 11.8 Å². The van der Waals surface area contributed by atoms with Crippen molar-refractivity contribution in [2.45, 2.75) is 57.0 Å². The number of hydrogen-bond donors (Lipinski definition) is 1. The number of ketones is 1. The van der Waals surface area contributed by atoms with Gasteiger partial charge in [0.1, 0.15) is 6.04 Å². The molecule has 1 aliphatic heterocycles. The largest absolute Gasteiger partial charge is 0.352 e. The van der Waals surface area contributed by atoms with Crippen LogP contribution in [0.5, 0.6) is 0 Å². The number of nitrogens with one attached hydrogen (secondary N) is 1. The Labute approximate surface area is 146 Å². The van der Waals surface area contributed by atoms with Crippen LogP contribution in [-0.2, 0) is 14.4 Å². The molecule has 1 heterocycles. The lowest BCUT2D eigenvalue weighted by atomic mass is 9.84. The number of Topliss-reactive ketones (excluding diaryl/α,β-unsaturated/α-hetero) is 1. The topological polar surface area (TPSA) is 90.3 Å². The van der Waals surface area contributed by atoms with E-state index in [4.69, 9.17) is 0 Å². The minimum atomic E-state index is -1.31. The molecule has 3 fully saturated rings. The SMILES string of the molecule is N#C[C@@H](C(=O)NC1CCCC1)C(=O)[C@H]1CSCN1C(=O)C1CCC1. The second-order valence-electron chi connectivity index (χ2n) is 6.91. The number of hydrogen-bond acceptors (Lipinski definition) is 5. The summed E-state index contributed by atoms with van der Waals surface area (Å²) in [7, 11) is 0. The molecule has 2 aliphatic carbocycles. The highest BCUT2D eigenvalue weighted by Crippen LogP contribution is 2.33. The van der Waals surface area contributed by atoms with Crippen molar-refractivity contribution >= 4 is 29.4 Å². The van der Waals surface area contributed by atoms with Crippen LogP contribution < -0.4 is 5.32 Å². The van der Waals surface area contributed by atoms with Crippen LogP contribution in [-0.4, -0.2) is 46.2 Å². The van der Waals surface area contributed by atoms with Gasteiger partial charge in [-0.2, -0.15) is 5.26 Å². The fourth-order valence-electron chi connectivity index (χ4n) is 3.58. The van der Waals surface area contributed by atoms with Gasteiger partial charge in [0, 0.05) is 17.7 Å². The molecule has 0 aromatic carbocycles. The number of carbonyl (C=O) groups is 3. The van der Waals surface area contributed by atoms with Crippen LogP contribution in [0.4, 0.5) is 0 Å². The summed E-state index contributed by atoms with van der Waals surface area (Å²) in [6.07, 6.45) is 6.77. The molecule has 0 aromatic heterocycles. The predicted octanol–water partition coefficient (Wildman–Crippen LogP) is 1.46. The van der Waals surface area contributed by atoms with Gasteiger partial charge in [0.15, 0.2) is 11.7 Å². The van der Waals surface area contributed by atoms with Crippen molar-refractivity contribution in [3.8, 4) is 6.07 Å². The Bertz CT molecular complexity index is 564. The Morgan fingerprint density at radius 1 is 1.12 bits per heavy atom. The first-order valence-corrected chi connectivity index (χ1v) is 9.89. The van der Waals surface area contributed by atoms with Crippen molar-refractivity contribution in [3.63, 3.8) is 0 Å². The molecule has 0 aromatic rings. The predicted molar refractivity (Wildman–Crippen MR) is 89.8 cm³/mol. The number of amides is 2. The van der Waals surface area contributed by atoms with E-state index >= 15 is 0 Å². The molecule has 2 atom stereocenters. The second kappa shape index (κ2) is 7.56. The third-order valence-electron chi connectivity index (χ3n) is 5.33. The average molecular weight is 349 g/mol. The molecular formula is C17H23N3O3S. The van der Waals surface area contributed by atoms with Crippen molar-refractivity contribution in [2.75, 3.05) is 11.6 Å². The maximum Gasteiger partial charge on any atom is 0.245 e. The summed E-state index contributed by atoms with van der Waals surface area (Å²) in [6, 6.07) is 1.30. The van der Waals surface area contributed by atoms with Crippen LogP contribution in [0, 0.1) is 23.2 Å².